The quantitative estimate of drug-likeness (QED) is 0.702. The van der Waals surface area contributed by atoms with Gasteiger partial charge in [-0.25, -0.2) is 4.98 Å². The van der Waals surface area contributed by atoms with Crippen LogP contribution in [0.5, 0.6) is 23.0 Å². The Morgan fingerprint density at radius 1 is 1.09 bits per heavy atom. The van der Waals surface area contributed by atoms with Crippen LogP contribution in [0, 0.1) is 0 Å². The van der Waals surface area contributed by atoms with Gasteiger partial charge in [-0.2, -0.15) is 4.98 Å². The third kappa shape index (κ3) is 2.98. The summed E-state index contributed by atoms with van der Waals surface area (Å²) in [5, 5.41) is 9.60. The standard InChI is InChI=1S/C14H17ClN4O4/c1-21-8-4-6(10(20)12(23-3)11(8)22-2)9(15)7-5-18-14(17)19-13(7)16/h4-5,9,20H,1-3H3,(H4,16,17,18,19). The number of nitrogens with zero attached hydrogens (tertiary/aromatic N) is 2. The first-order valence-corrected chi connectivity index (χ1v) is 6.92. The molecular formula is C14H17ClN4O4. The van der Waals surface area contributed by atoms with Crippen molar-refractivity contribution in [1.29, 1.82) is 0 Å². The maximum absolute atomic E-state index is 10.4. The molecule has 0 spiro atoms. The number of alkyl halides is 1. The van der Waals surface area contributed by atoms with Crippen molar-refractivity contribution in [1.82, 2.24) is 9.97 Å². The number of benzene rings is 1. The van der Waals surface area contributed by atoms with Gasteiger partial charge in [0.1, 0.15) is 5.82 Å². The monoisotopic (exact) mass is 340 g/mol. The Morgan fingerprint density at radius 2 is 1.74 bits per heavy atom. The predicted octanol–water partition coefficient (Wildman–Crippen LogP) is 1.70. The van der Waals surface area contributed by atoms with Gasteiger partial charge in [0, 0.05) is 17.3 Å². The molecular weight excluding hydrogens is 324 g/mol. The fraction of sp³-hybridized carbons (Fsp3) is 0.286. The zero-order valence-corrected chi connectivity index (χ0v) is 13.6. The number of halogens is 1. The molecule has 2 aromatic rings. The molecule has 1 unspecified atom stereocenters. The van der Waals surface area contributed by atoms with E-state index in [4.69, 9.17) is 37.3 Å². The Kier molecular flexibility index (Phi) is 4.85. The van der Waals surface area contributed by atoms with Crippen molar-refractivity contribution >= 4 is 23.4 Å². The van der Waals surface area contributed by atoms with Crippen LogP contribution in [0.25, 0.3) is 0 Å². The van der Waals surface area contributed by atoms with E-state index in [1.54, 1.807) is 0 Å². The summed E-state index contributed by atoms with van der Waals surface area (Å²) in [5.74, 6) is 0.651. The lowest BCUT2D eigenvalue weighted by molar-refractivity contribution is 0.309. The molecule has 0 radical (unpaired) electrons. The number of phenols is 1. The number of nitrogen functional groups attached to an aromatic ring is 2. The van der Waals surface area contributed by atoms with E-state index in [0.29, 0.717) is 16.9 Å². The molecule has 1 heterocycles. The number of rotatable bonds is 5. The predicted molar refractivity (Wildman–Crippen MR) is 86.3 cm³/mol. The van der Waals surface area contributed by atoms with Crippen molar-refractivity contribution in [2.75, 3.05) is 32.8 Å². The Hall–Kier alpha value is -2.61. The Morgan fingerprint density at radius 3 is 2.26 bits per heavy atom. The molecule has 1 aromatic heterocycles. The number of hydrogen-bond acceptors (Lipinski definition) is 8. The molecule has 1 aromatic carbocycles. The lowest BCUT2D eigenvalue weighted by atomic mass is 10.0. The van der Waals surface area contributed by atoms with Crippen LogP contribution < -0.4 is 25.7 Å². The second-order valence-corrected chi connectivity index (χ2v) is 4.95. The SMILES string of the molecule is COc1cc(C(Cl)c2cnc(N)nc2N)c(O)c(OC)c1OC. The number of nitrogens with two attached hydrogens (primary N) is 2. The number of aromatic hydroxyl groups is 1. The molecule has 0 fully saturated rings. The minimum Gasteiger partial charge on any atom is -0.504 e. The molecule has 0 aliphatic carbocycles. The highest BCUT2D eigenvalue weighted by Gasteiger charge is 2.26. The first-order valence-electron chi connectivity index (χ1n) is 6.48. The smallest absolute Gasteiger partial charge is 0.221 e. The van der Waals surface area contributed by atoms with Crippen molar-refractivity contribution in [3.05, 3.63) is 23.4 Å². The normalized spacial score (nSPS) is 11.8. The molecule has 0 aliphatic heterocycles. The molecule has 0 amide bonds. The molecule has 9 heteroatoms. The fourth-order valence-electron chi connectivity index (χ4n) is 2.13. The number of ether oxygens (including phenoxy) is 3. The van der Waals surface area contributed by atoms with E-state index in [2.05, 4.69) is 9.97 Å². The van der Waals surface area contributed by atoms with Gasteiger partial charge in [-0.05, 0) is 6.07 Å². The van der Waals surface area contributed by atoms with Gasteiger partial charge in [0.25, 0.3) is 0 Å². The molecule has 0 aliphatic rings. The fourth-order valence-corrected chi connectivity index (χ4v) is 2.47. The maximum atomic E-state index is 10.4. The molecule has 8 nitrogen and oxygen atoms in total. The number of anilines is 2. The largest absolute Gasteiger partial charge is 0.504 e. The van der Waals surface area contributed by atoms with Gasteiger partial charge >= 0.3 is 0 Å². The van der Waals surface area contributed by atoms with Crippen molar-refractivity contribution in [2.24, 2.45) is 0 Å². The lowest BCUT2D eigenvalue weighted by Crippen LogP contribution is -2.07. The summed E-state index contributed by atoms with van der Waals surface area (Å²) in [7, 11) is 4.29. The second-order valence-electron chi connectivity index (χ2n) is 4.51. The van der Waals surface area contributed by atoms with Gasteiger partial charge in [-0.3, -0.25) is 0 Å². The highest BCUT2D eigenvalue weighted by Crippen LogP contribution is 2.50. The Labute approximate surface area is 138 Å². The van der Waals surface area contributed by atoms with E-state index in [1.165, 1.54) is 33.6 Å². The van der Waals surface area contributed by atoms with Crippen LogP contribution in [0.1, 0.15) is 16.5 Å². The minimum absolute atomic E-state index is 0.0317. The van der Waals surface area contributed by atoms with E-state index >= 15 is 0 Å². The first kappa shape index (κ1) is 16.8. The minimum atomic E-state index is -0.843. The molecule has 23 heavy (non-hydrogen) atoms. The summed E-state index contributed by atoms with van der Waals surface area (Å²) in [6.07, 6.45) is 1.40. The van der Waals surface area contributed by atoms with Gasteiger partial charge in [0.15, 0.2) is 11.5 Å². The van der Waals surface area contributed by atoms with Crippen molar-refractivity contribution < 1.29 is 19.3 Å². The van der Waals surface area contributed by atoms with E-state index in [9.17, 15) is 5.11 Å². The summed E-state index contributed by atoms with van der Waals surface area (Å²) in [4.78, 5) is 7.73. The third-order valence-corrected chi connectivity index (χ3v) is 3.72. The van der Waals surface area contributed by atoms with Gasteiger partial charge in [-0.15, -0.1) is 11.6 Å². The van der Waals surface area contributed by atoms with Crippen molar-refractivity contribution in [3.8, 4) is 23.0 Å². The van der Waals surface area contributed by atoms with E-state index in [-0.39, 0.29) is 29.0 Å². The third-order valence-electron chi connectivity index (χ3n) is 3.25. The molecule has 5 N–H and O–H groups in total. The van der Waals surface area contributed by atoms with E-state index in [1.807, 2.05) is 0 Å². The van der Waals surface area contributed by atoms with Crippen LogP contribution in [0.15, 0.2) is 12.3 Å². The van der Waals surface area contributed by atoms with Crippen LogP contribution in [0.3, 0.4) is 0 Å². The van der Waals surface area contributed by atoms with Gasteiger partial charge < -0.3 is 30.8 Å². The number of phenolic OH excluding ortho intramolecular Hbond substituents is 1. The summed E-state index contributed by atoms with van der Waals surface area (Å²) < 4.78 is 15.6. The number of aromatic nitrogens is 2. The van der Waals surface area contributed by atoms with Crippen LogP contribution >= 0.6 is 11.6 Å². The average Bonchev–Trinajstić information content (AvgIpc) is 2.53. The average molecular weight is 341 g/mol. The lowest BCUT2D eigenvalue weighted by Gasteiger charge is -2.19. The highest BCUT2D eigenvalue weighted by atomic mass is 35.5. The second kappa shape index (κ2) is 6.66. The molecule has 0 bridgehead atoms. The molecule has 0 saturated heterocycles. The Bertz CT molecular complexity index is 726. The molecule has 1 atom stereocenters. The summed E-state index contributed by atoms with van der Waals surface area (Å²) in [6.45, 7) is 0. The zero-order chi connectivity index (χ0) is 17.1. The van der Waals surface area contributed by atoms with Gasteiger partial charge in [0.05, 0.1) is 26.7 Å². The van der Waals surface area contributed by atoms with Crippen LogP contribution in [0.2, 0.25) is 0 Å². The highest BCUT2D eigenvalue weighted by molar-refractivity contribution is 6.23. The summed E-state index contributed by atoms with van der Waals surface area (Å²) in [6, 6.07) is 1.53. The van der Waals surface area contributed by atoms with Crippen LogP contribution in [-0.2, 0) is 0 Å². The van der Waals surface area contributed by atoms with Crippen LogP contribution in [-0.4, -0.2) is 36.4 Å². The number of methoxy groups -OCH3 is 3. The summed E-state index contributed by atoms with van der Waals surface area (Å²) >= 11 is 6.44. The Balaban J connectivity index is 2.62. The molecule has 2 rings (SSSR count). The number of hydrogen-bond donors (Lipinski definition) is 3. The van der Waals surface area contributed by atoms with Crippen LogP contribution in [0.4, 0.5) is 11.8 Å². The van der Waals surface area contributed by atoms with E-state index < -0.39 is 5.38 Å². The zero-order valence-electron chi connectivity index (χ0n) is 12.8. The maximum Gasteiger partial charge on any atom is 0.221 e. The first-order chi connectivity index (χ1) is 10.9. The van der Waals surface area contributed by atoms with Crippen molar-refractivity contribution in [3.63, 3.8) is 0 Å². The van der Waals surface area contributed by atoms with Gasteiger partial charge in [-0.1, -0.05) is 0 Å². The molecule has 124 valence electrons. The summed E-state index contributed by atoms with van der Waals surface area (Å²) in [5.41, 5.74) is 12.0. The molecule has 0 saturated carbocycles. The van der Waals surface area contributed by atoms with Crippen molar-refractivity contribution in [2.45, 2.75) is 5.38 Å². The topological polar surface area (TPSA) is 126 Å². The van der Waals surface area contributed by atoms with E-state index in [0.717, 1.165) is 0 Å². The van der Waals surface area contributed by atoms with Gasteiger partial charge in [0.2, 0.25) is 17.4 Å².